The predicted molar refractivity (Wildman–Crippen MR) is 200 cm³/mol. The van der Waals surface area contributed by atoms with Crippen LogP contribution in [0.2, 0.25) is 0 Å². The molecule has 260 valence electrons. The van der Waals surface area contributed by atoms with E-state index < -0.39 is 0 Å². The molecular formula is C41H53N5O3. The molecule has 6 aliphatic rings. The predicted octanol–water partition coefficient (Wildman–Crippen LogP) is 8.56. The molecule has 0 radical (unpaired) electrons. The number of hydrogen-bond acceptors (Lipinski definition) is 8. The van der Waals surface area contributed by atoms with E-state index in [0.717, 1.165) is 98.3 Å². The van der Waals surface area contributed by atoms with Crippen LogP contribution in [0.4, 0.5) is 0 Å². The number of carbonyl (C=O) groups excluding carboxylic acids is 1. The van der Waals surface area contributed by atoms with Gasteiger partial charge < -0.3 is 20.5 Å². The molecule has 0 aromatic heterocycles. The van der Waals surface area contributed by atoms with Gasteiger partial charge in [0.05, 0.1) is 40.8 Å². The number of rotatable bonds is 13. The Morgan fingerprint density at radius 2 is 1.63 bits per heavy atom. The van der Waals surface area contributed by atoms with Crippen molar-refractivity contribution in [2.75, 3.05) is 20.2 Å². The van der Waals surface area contributed by atoms with Crippen LogP contribution in [-0.2, 0) is 9.53 Å². The lowest BCUT2D eigenvalue weighted by Crippen LogP contribution is -2.16. The first kappa shape index (κ1) is 34.8. The molecule has 8 bridgehead atoms. The van der Waals surface area contributed by atoms with Gasteiger partial charge in [-0.2, -0.15) is 0 Å². The van der Waals surface area contributed by atoms with Gasteiger partial charge in [0.2, 0.25) is 0 Å². The first-order chi connectivity index (χ1) is 23.7. The average Bonchev–Trinajstić information content (AvgIpc) is 3.83. The second-order valence-electron chi connectivity index (χ2n) is 14.2. The molecule has 3 N–H and O–H groups in total. The minimum Gasteiger partial charge on any atom is -0.511 e. The number of likely N-dealkylation sites (N-methyl/N-ethyl adjacent to an activating group) is 1. The van der Waals surface area contributed by atoms with Gasteiger partial charge in [-0.15, -0.1) is 0 Å². The highest BCUT2D eigenvalue weighted by Gasteiger charge is 2.41. The summed E-state index contributed by atoms with van der Waals surface area (Å²) >= 11 is 0. The Bertz CT molecular complexity index is 1780. The smallest absolute Gasteiger partial charge is 0.305 e. The first-order valence-corrected chi connectivity index (χ1v) is 18.4. The van der Waals surface area contributed by atoms with Crippen LogP contribution in [-0.4, -0.2) is 48.4 Å². The molecule has 0 saturated carbocycles. The molecule has 0 amide bonds. The molecule has 0 unspecified atom stereocenters. The summed E-state index contributed by atoms with van der Waals surface area (Å²) in [6.45, 7) is 14.1. The van der Waals surface area contributed by atoms with Gasteiger partial charge >= 0.3 is 5.97 Å². The van der Waals surface area contributed by atoms with E-state index in [1.54, 1.807) is 0 Å². The molecule has 5 aliphatic heterocycles. The molecule has 1 aliphatic carbocycles. The number of hydrogen-bond donors (Lipinski definition) is 3. The Morgan fingerprint density at radius 1 is 0.939 bits per heavy atom. The SMILES string of the molecule is CCCCCCCCOC(=O)CC[C@@H]1C2=C3CC(O)=C4C3=NC(=C4C)C=C3N=C(C=C4N=C(C=C(N2)[C@H]1C)C(C)=C4CNC)C(C)=C3CC. The summed E-state index contributed by atoms with van der Waals surface area (Å²) in [6.07, 6.45) is 15.6. The number of fused-ring (bicyclic) bond motifs is 5. The third-order valence-corrected chi connectivity index (χ3v) is 11.0. The molecule has 8 nitrogen and oxygen atoms in total. The van der Waals surface area contributed by atoms with Crippen molar-refractivity contribution < 1.29 is 14.6 Å². The van der Waals surface area contributed by atoms with Crippen molar-refractivity contribution in [2.24, 2.45) is 26.8 Å². The lowest BCUT2D eigenvalue weighted by molar-refractivity contribution is -0.144. The topological polar surface area (TPSA) is 108 Å². The van der Waals surface area contributed by atoms with Gasteiger partial charge in [-0.1, -0.05) is 52.9 Å². The Kier molecular flexibility index (Phi) is 10.5. The molecule has 8 heteroatoms. The number of aliphatic hydroxyl groups is 1. The third-order valence-electron chi connectivity index (χ3n) is 11.0. The molecule has 1 saturated heterocycles. The molecule has 0 spiro atoms. The number of carbonyl (C=O) groups is 1. The molecular weight excluding hydrogens is 610 g/mol. The summed E-state index contributed by atoms with van der Waals surface area (Å²) < 4.78 is 5.68. The van der Waals surface area contributed by atoms with Gasteiger partial charge in [-0.3, -0.25) is 4.79 Å². The van der Waals surface area contributed by atoms with Gasteiger partial charge in [-0.25, -0.2) is 15.0 Å². The van der Waals surface area contributed by atoms with Crippen LogP contribution in [0.1, 0.15) is 106 Å². The zero-order chi connectivity index (χ0) is 34.8. The molecule has 2 atom stereocenters. The number of aliphatic hydroxyl groups excluding tert-OH is 1. The largest absolute Gasteiger partial charge is 0.511 e. The highest BCUT2D eigenvalue weighted by molar-refractivity contribution is 6.21. The Hall–Kier alpha value is -4.04. The monoisotopic (exact) mass is 663 g/mol. The third kappa shape index (κ3) is 6.77. The van der Waals surface area contributed by atoms with Crippen molar-refractivity contribution >= 4 is 23.1 Å². The molecule has 0 aromatic rings. The van der Waals surface area contributed by atoms with Crippen molar-refractivity contribution in [3.8, 4) is 0 Å². The Morgan fingerprint density at radius 3 is 2.37 bits per heavy atom. The highest BCUT2D eigenvalue weighted by atomic mass is 16.5. The number of nitrogens with zero attached hydrogens (tertiary/aromatic N) is 3. The van der Waals surface area contributed by atoms with E-state index in [-0.39, 0.29) is 17.8 Å². The maximum Gasteiger partial charge on any atom is 0.305 e. The molecule has 49 heavy (non-hydrogen) atoms. The first-order valence-electron chi connectivity index (χ1n) is 18.4. The van der Waals surface area contributed by atoms with Crippen molar-refractivity contribution in [3.63, 3.8) is 0 Å². The zero-order valence-corrected chi connectivity index (χ0v) is 30.5. The summed E-state index contributed by atoms with van der Waals surface area (Å²) in [7, 11) is 1.96. The normalized spacial score (nSPS) is 22.9. The van der Waals surface area contributed by atoms with Crippen molar-refractivity contribution in [1.29, 1.82) is 0 Å². The van der Waals surface area contributed by atoms with Gasteiger partial charge in [0.15, 0.2) is 0 Å². The summed E-state index contributed by atoms with van der Waals surface area (Å²) in [4.78, 5) is 28.4. The average molecular weight is 664 g/mol. The van der Waals surface area contributed by atoms with Crippen molar-refractivity contribution in [2.45, 2.75) is 106 Å². The maximum absolute atomic E-state index is 13.0. The minimum atomic E-state index is -0.143. The number of aliphatic imine (C=N–C) groups is 3. The number of unbranched alkanes of at least 4 members (excludes halogenated alkanes) is 5. The van der Waals surface area contributed by atoms with Crippen LogP contribution < -0.4 is 10.6 Å². The van der Waals surface area contributed by atoms with Crippen molar-refractivity contribution in [3.05, 3.63) is 91.5 Å². The summed E-state index contributed by atoms with van der Waals surface area (Å²) in [5, 5.41) is 18.5. The van der Waals surface area contributed by atoms with Crippen LogP contribution >= 0.6 is 0 Å². The Labute approximate surface area is 292 Å². The Balaban J connectivity index is 1.37. The summed E-state index contributed by atoms with van der Waals surface area (Å²) in [6, 6.07) is 0. The lowest BCUT2D eigenvalue weighted by atomic mass is 9.86. The van der Waals surface area contributed by atoms with E-state index >= 15 is 0 Å². The molecule has 0 aromatic carbocycles. The fourth-order valence-corrected chi connectivity index (χ4v) is 7.97. The second kappa shape index (κ2) is 14.8. The summed E-state index contributed by atoms with van der Waals surface area (Å²) in [5.41, 5.74) is 14.9. The van der Waals surface area contributed by atoms with E-state index in [0.29, 0.717) is 38.2 Å². The lowest BCUT2D eigenvalue weighted by Gasteiger charge is -2.17. The van der Waals surface area contributed by atoms with Gasteiger partial charge in [0, 0.05) is 53.8 Å². The fourth-order valence-electron chi connectivity index (χ4n) is 7.97. The van der Waals surface area contributed by atoms with E-state index in [1.807, 2.05) is 14.0 Å². The molecule has 5 heterocycles. The van der Waals surface area contributed by atoms with Crippen LogP contribution in [0.15, 0.2) is 106 Å². The standard InChI is InChI=1S/C41H53N5O3/c1-8-10-11-12-13-14-17-49-38(48)16-15-28-24(4)33-19-31-25(5)30(22-42-7)36(44-31)20-32-23(3)27(9-2)35(43-32)21-34-26(6)39-37(47)18-29(40(28)45-33)41(39)46-34/h19-21,24,28,42,45,47H,8-18,22H2,1-7H3/t24-,28-/m0/s1. The maximum atomic E-state index is 13.0. The number of nitrogens with one attached hydrogen (secondary N) is 2. The van der Waals surface area contributed by atoms with Crippen LogP contribution in [0, 0.1) is 11.8 Å². The molecule has 1 fully saturated rings. The number of allylic oxidation sites excluding steroid dienone is 11. The second-order valence-corrected chi connectivity index (χ2v) is 14.2. The highest BCUT2D eigenvalue weighted by Crippen LogP contribution is 2.46. The van der Waals surface area contributed by atoms with Crippen LogP contribution in [0.25, 0.3) is 0 Å². The van der Waals surface area contributed by atoms with Gasteiger partial charge in [-0.05, 0) is 93.2 Å². The van der Waals surface area contributed by atoms with Crippen LogP contribution in [0.3, 0.4) is 0 Å². The van der Waals surface area contributed by atoms with Crippen molar-refractivity contribution in [1.82, 2.24) is 10.6 Å². The van der Waals surface area contributed by atoms with Crippen LogP contribution in [0.5, 0.6) is 0 Å². The quantitative estimate of drug-likeness (QED) is 0.135. The van der Waals surface area contributed by atoms with Gasteiger partial charge in [0.1, 0.15) is 5.76 Å². The fraction of sp³-hybridized carbons (Fsp3) is 0.512. The number of esters is 1. The minimum absolute atomic E-state index is 0.0352. The molecule has 6 rings (SSSR count). The van der Waals surface area contributed by atoms with E-state index in [1.165, 1.54) is 31.3 Å². The number of ether oxygens (including phenoxy) is 1. The summed E-state index contributed by atoms with van der Waals surface area (Å²) in [5.74, 6) is 0.337. The van der Waals surface area contributed by atoms with Gasteiger partial charge in [0.25, 0.3) is 0 Å². The van der Waals surface area contributed by atoms with E-state index in [4.69, 9.17) is 19.7 Å². The van der Waals surface area contributed by atoms with E-state index in [9.17, 15) is 9.90 Å². The van der Waals surface area contributed by atoms with E-state index in [2.05, 4.69) is 63.5 Å². The zero-order valence-electron chi connectivity index (χ0n) is 30.5.